The van der Waals surface area contributed by atoms with Crippen molar-refractivity contribution in [3.63, 3.8) is 0 Å². The largest absolute Gasteiger partial charge is 0.506 e. The minimum absolute atomic E-state index is 0.250. The van der Waals surface area contributed by atoms with Crippen LogP contribution < -0.4 is 0 Å². The van der Waals surface area contributed by atoms with Crippen LogP contribution >= 0.6 is 0 Å². The average Bonchev–Trinajstić information content (AvgIpc) is 2.21. The minimum atomic E-state index is 0.250. The third kappa shape index (κ3) is 1.84. The SMILES string of the molecule is CC=Cc1ccc2nc(C)c(O)cc2c1. The van der Waals surface area contributed by atoms with E-state index in [1.165, 1.54) is 0 Å². The smallest absolute Gasteiger partial charge is 0.137 e. The molecular formula is C13H13NO. The van der Waals surface area contributed by atoms with Crippen molar-refractivity contribution in [3.8, 4) is 5.75 Å². The Balaban J connectivity index is 2.66. The van der Waals surface area contributed by atoms with Gasteiger partial charge >= 0.3 is 0 Å². The Morgan fingerprint density at radius 2 is 2.07 bits per heavy atom. The highest BCUT2D eigenvalue weighted by atomic mass is 16.3. The normalized spacial score (nSPS) is 11.3. The van der Waals surface area contributed by atoms with Crippen molar-refractivity contribution in [2.45, 2.75) is 13.8 Å². The van der Waals surface area contributed by atoms with Crippen molar-refractivity contribution in [1.29, 1.82) is 0 Å². The van der Waals surface area contributed by atoms with Crippen LogP contribution in [0.5, 0.6) is 5.75 Å². The fourth-order valence-corrected chi connectivity index (χ4v) is 1.58. The molecule has 0 atom stereocenters. The summed E-state index contributed by atoms with van der Waals surface area (Å²) in [6, 6.07) is 7.76. The zero-order valence-corrected chi connectivity index (χ0v) is 8.86. The quantitative estimate of drug-likeness (QED) is 0.764. The van der Waals surface area contributed by atoms with E-state index in [0.29, 0.717) is 5.69 Å². The fraction of sp³-hybridized carbons (Fsp3) is 0.154. The molecule has 0 amide bonds. The summed E-state index contributed by atoms with van der Waals surface area (Å²) in [5, 5.41) is 10.5. The molecule has 0 unspecified atom stereocenters. The highest BCUT2D eigenvalue weighted by Crippen LogP contribution is 2.22. The number of hydrogen-bond acceptors (Lipinski definition) is 2. The number of aryl methyl sites for hydroxylation is 1. The van der Waals surface area contributed by atoms with Gasteiger partial charge in [0.2, 0.25) is 0 Å². The second kappa shape index (κ2) is 3.73. The standard InChI is InChI=1S/C13H13NO/c1-3-4-10-5-6-12-11(7-10)8-13(15)9(2)14-12/h3-8,15H,1-2H3. The van der Waals surface area contributed by atoms with Crippen LogP contribution in [0.4, 0.5) is 0 Å². The highest BCUT2D eigenvalue weighted by molar-refractivity contribution is 5.82. The molecule has 2 heteroatoms. The molecule has 1 heterocycles. The zero-order chi connectivity index (χ0) is 10.8. The van der Waals surface area contributed by atoms with Crippen molar-refractivity contribution >= 4 is 17.0 Å². The molecule has 2 aromatic rings. The van der Waals surface area contributed by atoms with Gasteiger partial charge in [0.05, 0.1) is 11.2 Å². The third-order valence-electron chi connectivity index (χ3n) is 2.36. The van der Waals surface area contributed by atoms with E-state index in [0.717, 1.165) is 16.5 Å². The van der Waals surface area contributed by atoms with Gasteiger partial charge in [0.25, 0.3) is 0 Å². The van der Waals surface area contributed by atoms with E-state index in [4.69, 9.17) is 0 Å². The summed E-state index contributed by atoms with van der Waals surface area (Å²) >= 11 is 0. The highest BCUT2D eigenvalue weighted by Gasteiger charge is 2.01. The molecule has 15 heavy (non-hydrogen) atoms. The van der Waals surface area contributed by atoms with E-state index in [2.05, 4.69) is 4.98 Å². The molecule has 0 saturated carbocycles. The van der Waals surface area contributed by atoms with E-state index in [1.54, 1.807) is 13.0 Å². The molecule has 1 aromatic heterocycles. The Kier molecular flexibility index (Phi) is 2.42. The van der Waals surface area contributed by atoms with Gasteiger partial charge < -0.3 is 5.11 Å². The van der Waals surface area contributed by atoms with Gasteiger partial charge in [0.1, 0.15) is 5.75 Å². The molecule has 0 aliphatic rings. The van der Waals surface area contributed by atoms with Crippen molar-refractivity contribution in [2.75, 3.05) is 0 Å². The summed E-state index contributed by atoms with van der Waals surface area (Å²) in [5.74, 6) is 0.250. The number of pyridine rings is 1. The first-order chi connectivity index (χ1) is 7.20. The van der Waals surface area contributed by atoms with Gasteiger partial charge in [-0.15, -0.1) is 0 Å². The molecule has 0 aliphatic heterocycles. The van der Waals surface area contributed by atoms with Crippen molar-refractivity contribution in [3.05, 3.63) is 41.6 Å². The number of benzene rings is 1. The Hall–Kier alpha value is -1.83. The number of nitrogens with zero attached hydrogens (tertiary/aromatic N) is 1. The lowest BCUT2D eigenvalue weighted by Crippen LogP contribution is -1.85. The van der Waals surface area contributed by atoms with Crippen LogP contribution in [0.3, 0.4) is 0 Å². The van der Waals surface area contributed by atoms with Gasteiger partial charge in [-0.2, -0.15) is 0 Å². The Morgan fingerprint density at radius 3 is 2.80 bits per heavy atom. The minimum Gasteiger partial charge on any atom is -0.506 e. The zero-order valence-electron chi connectivity index (χ0n) is 8.86. The average molecular weight is 199 g/mol. The molecule has 2 nitrogen and oxygen atoms in total. The van der Waals surface area contributed by atoms with Crippen LogP contribution in [0.1, 0.15) is 18.2 Å². The summed E-state index contributed by atoms with van der Waals surface area (Å²) in [7, 11) is 0. The van der Waals surface area contributed by atoms with Gasteiger partial charge in [0, 0.05) is 5.39 Å². The van der Waals surface area contributed by atoms with Gasteiger partial charge in [-0.25, -0.2) is 4.98 Å². The molecule has 2 rings (SSSR count). The fourth-order valence-electron chi connectivity index (χ4n) is 1.58. The molecule has 76 valence electrons. The number of fused-ring (bicyclic) bond motifs is 1. The second-order valence-corrected chi connectivity index (χ2v) is 3.55. The Morgan fingerprint density at radius 1 is 1.27 bits per heavy atom. The van der Waals surface area contributed by atoms with E-state index in [1.807, 2.05) is 37.3 Å². The molecule has 0 bridgehead atoms. The lowest BCUT2D eigenvalue weighted by Gasteiger charge is -2.02. The summed E-state index contributed by atoms with van der Waals surface area (Å²) in [4.78, 5) is 4.30. The summed E-state index contributed by atoms with van der Waals surface area (Å²) in [5.41, 5.74) is 2.70. The lowest BCUT2D eigenvalue weighted by atomic mass is 10.1. The lowest BCUT2D eigenvalue weighted by molar-refractivity contribution is 0.469. The molecule has 0 aliphatic carbocycles. The van der Waals surface area contributed by atoms with Crippen LogP contribution in [-0.2, 0) is 0 Å². The second-order valence-electron chi connectivity index (χ2n) is 3.55. The topological polar surface area (TPSA) is 33.1 Å². The molecule has 1 aromatic carbocycles. The Bertz CT molecular complexity index is 529. The van der Waals surface area contributed by atoms with Crippen LogP contribution in [0.2, 0.25) is 0 Å². The van der Waals surface area contributed by atoms with Crippen molar-refractivity contribution < 1.29 is 5.11 Å². The third-order valence-corrected chi connectivity index (χ3v) is 2.36. The number of aromatic nitrogens is 1. The molecule has 0 saturated heterocycles. The first kappa shape index (κ1) is 9.71. The summed E-state index contributed by atoms with van der Waals surface area (Å²) in [6.45, 7) is 3.78. The van der Waals surface area contributed by atoms with Crippen LogP contribution in [0.25, 0.3) is 17.0 Å². The first-order valence-corrected chi connectivity index (χ1v) is 4.94. The predicted molar refractivity (Wildman–Crippen MR) is 62.9 cm³/mol. The maximum absolute atomic E-state index is 9.56. The number of rotatable bonds is 1. The number of allylic oxidation sites excluding steroid dienone is 1. The Labute approximate surface area is 88.9 Å². The van der Waals surface area contributed by atoms with Crippen molar-refractivity contribution in [1.82, 2.24) is 4.98 Å². The van der Waals surface area contributed by atoms with Crippen LogP contribution in [0.15, 0.2) is 30.3 Å². The van der Waals surface area contributed by atoms with Crippen LogP contribution in [-0.4, -0.2) is 10.1 Å². The summed E-state index contributed by atoms with van der Waals surface area (Å²) in [6.07, 6.45) is 4.01. The molecular weight excluding hydrogens is 186 g/mol. The molecule has 0 fully saturated rings. The molecule has 0 spiro atoms. The molecule has 0 radical (unpaired) electrons. The van der Waals surface area contributed by atoms with Crippen LogP contribution in [0, 0.1) is 6.92 Å². The summed E-state index contributed by atoms with van der Waals surface area (Å²) < 4.78 is 0. The maximum Gasteiger partial charge on any atom is 0.137 e. The van der Waals surface area contributed by atoms with Gasteiger partial charge in [-0.1, -0.05) is 18.2 Å². The van der Waals surface area contributed by atoms with Gasteiger partial charge in [0.15, 0.2) is 0 Å². The van der Waals surface area contributed by atoms with Gasteiger partial charge in [-0.3, -0.25) is 0 Å². The predicted octanol–water partition coefficient (Wildman–Crippen LogP) is 3.28. The number of aromatic hydroxyl groups is 1. The van der Waals surface area contributed by atoms with E-state index < -0.39 is 0 Å². The first-order valence-electron chi connectivity index (χ1n) is 4.94. The van der Waals surface area contributed by atoms with Crippen molar-refractivity contribution in [2.24, 2.45) is 0 Å². The van der Waals surface area contributed by atoms with E-state index in [-0.39, 0.29) is 5.75 Å². The van der Waals surface area contributed by atoms with E-state index in [9.17, 15) is 5.11 Å². The maximum atomic E-state index is 9.56. The monoisotopic (exact) mass is 199 g/mol. The molecule has 1 N–H and O–H groups in total. The van der Waals surface area contributed by atoms with E-state index >= 15 is 0 Å². The van der Waals surface area contributed by atoms with Gasteiger partial charge in [-0.05, 0) is 37.6 Å². The number of hydrogen-bond donors (Lipinski definition) is 1.